The molecule has 1 unspecified atom stereocenters. The number of rotatable bonds is 4. The second-order valence-electron chi connectivity index (χ2n) is 6.15. The topological polar surface area (TPSA) is 66.5 Å². The number of amides is 1. The molecule has 1 atom stereocenters. The highest BCUT2D eigenvalue weighted by Gasteiger charge is 2.25. The highest BCUT2D eigenvalue weighted by atomic mass is 32.2. The van der Waals surface area contributed by atoms with Gasteiger partial charge in [0.05, 0.1) is 4.90 Å². The molecule has 1 heterocycles. The van der Waals surface area contributed by atoms with E-state index < -0.39 is 10.0 Å². The molecule has 5 nitrogen and oxygen atoms in total. The van der Waals surface area contributed by atoms with Crippen LogP contribution in [0.1, 0.15) is 50.4 Å². The Bertz CT molecular complexity index is 641. The van der Waals surface area contributed by atoms with Crippen LogP contribution in [-0.2, 0) is 10.0 Å². The van der Waals surface area contributed by atoms with Gasteiger partial charge in [0.2, 0.25) is 10.0 Å². The van der Waals surface area contributed by atoms with Crippen LogP contribution in [0, 0.1) is 0 Å². The van der Waals surface area contributed by atoms with E-state index in [1.54, 1.807) is 26.0 Å². The maximum absolute atomic E-state index is 12.6. The molecule has 0 bridgehead atoms. The van der Waals surface area contributed by atoms with Crippen molar-refractivity contribution in [3.05, 3.63) is 29.8 Å². The number of piperidine rings is 1. The third-order valence-corrected chi connectivity index (χ3v) is 5.50. The van der Waals surface area contributed by atoms with Gasteiger partial charge in [0.15, 0.2) is 0 Å². The van der Waals surface area contributed by atoms with E-state index in [-0.39, 0.29) is 22.9 Å². The molecule has 6 heteroatoms. The predicted octanol–water partition coefficient (Wildman–Crippen LogP) is 2.39. The van der Waals surface area contributed by atoms with Crippen LogP contribution < -0.4 is 4.72 Å². The Labute approximate surface area is 132 Å². The molecule has 1 N–H and O–H groups in total. The average Bonchev–Trinajstić information content (AvgIpc) is 2.46. The minimum absolute atomic E-state index is 0.0891. The Balaban J connectivity index is 2.26. The summed E-state index contributed by atoms with van der Waals surface area (Å²) in [6, 6.07) is 6.30. The molecule has 0 radical (unpaired) electrons. The van der Waals surface area contributed by atoms with E-state index in [1.807, 2.05) is 11.8 Å². The molecule has 1 aromatic carbocycles. The van der Waals surface area contributed by atoms with Crippen LogP contribution in [0.25, 0.3) is 0 Å². The first-order chi connectivity index (χ1) is 10.3. The third kappa shape index (κ3) is 3.87. The van der Waals surface area contributed by atoms with Gasteiger partial charge in [-0.2, -0.15) is 0 Å². The van der Waals surface area contributed by atoms with Gasteiger partial charge in [0.25, 0.3) is 5.91 Å². The molecule has 0 aliphatic carbocycles. The lowest BCUT2D eigenvalue weighted by atomic mass is 10.0. The number of carbonyl (C=O) groups excluding carboxylic acids is 1. The Hall–Kier alpha value is -1.40. The zero-order valence-electron chi connectivity index (χ0n) is 13.4. The molecule has 2 rings (SSSR count). The van der Waals surface area contributed by atoms with Crippen molar-refractivity contribution in [3.8, 4) is 0 Å². The summed E-state index contributed by atoms with van der Waals surface area (Å²) < 4.78 is 27.0. The Kier molecular flexibility index (Phi) is 5.24. The number of sulfonamides is 1. The predicted molar refractivity (Wildman–Crippen MR) is 86.2 cm³/mol. The number of carbonyl (C=O) groups is 1. The maximum atomic E-state index is 12.6. The van der Waals surface area contributed by atoms with Crippen LogP contribution in [0.4, 0.5) is 0 Å². The first-order valence-electron chi connectivity index (χ1n) is 7.74. The van der Waals surface area contributed by atoms with Crippen molar-refractivity contribution < 1.29 is 13.2 Å². The molecule has 1 aliphatic heterocycles. The second kappa shape index (κ2) is 6.79. The normalized spacial score (nSPS) is 19.5. The first kappa shape index (κ1) is 17.0. The molecule has 1 aliphatic rings. The molecular formula is C16H24N2O3S. The van der Waals surface area contributed by atoms with Crippen molar-refractivity contribution in [1.29, 1.82) is 0 Å². The van der Waals surface area contributed by atoms with E-state index in [4.69, 9.17) is 0 Å². The van der Waals surface area contributed by atoms with E-state index in [0.29, 0.717) is 5.56 Å². The van der Waals surface area contributed by atoms with Gasteiger partial charge in [-0.3, -0.25) is 4.79 Å². The van der Waals surface area contributed by atoms with E-state index in [0.717, 1.165) is 25.8 Å². The lowest BCUT2D eigenvalue weighted by Gasteiger charge is -2.33. The number of hydrogen-bond acceptors (Lipinski definition) is 3. The van der Waals surface area contributed by atoms with Crippen LogP contribution in [0.3, 0.4) is 0 Å². The Morgan fingerprint density at radius 3 is 2.68 bits per heavy atom. The highest BCUT2D eigenvalue weighted by Crippen LogP contribution is 2.20. The van der Waals surface area contributed by atoms with E-state index >= 15 is 0 Å². The highest BCUT2D eigenvalue weighted by molar-refractivity contribution is 7.89. The summed E-state index contributed by atoms with van der Waals surface area (Å²) in [5.41, 5.74) is 0.431. The fourth-order valence-corrected chi connectivity index (χ4v) is 4.04. The van der Waals surface area contributed by atoms with Gasteiger partial charge in [-0.25, -0.2) is 13.1 Å². The third-order valence-electron chi connectivity index (χ3n) is 3.85. The molecule has 1 amide bonds. The summed E-state index contributed by atoms with van der Waals surface area (Å²) in [5.74, 6) is -0.0891. The van der Waals surface area contributed by atoms with Crippen LogP contribution in [0.15, 0.2) is 29.2 Å². The first-order valence-corrected chi connectivity index (χ1v) is 9.23. The quantitative estimate of drug-likeness (QED) is 0.925. The number of likely N-dealkylation sites (tertiary alicyclic amines) is 1. The largest absolute Gasteiger partial charge is 0.336 e. The Morgan fingerprint density at radius 2 is 2.05 bits per heavy atom. The molecule has 1 aromatic rings. The van der Waals surface area contributed by atoms with Gasteiger partial charge >= 0.3 is 0 Å². The fraction of sp³-hybridized carbons (Fsp3) is 0.562. The van der Waals surface area contributed by atoms with Crippen molar-refractivity contribution >= 4 is 15.9 Å². The monoisotopic (exact) mass is 324 g/mol. The van der Waals surface area contributed by atoms with Gasteiger partial charge in [-0.15, -0.1) is 0 Å². The van der Waals surface area contributed by atoms with Crippen molar-refractivity contribution in [3.63, 3.8) is 0 Å². The second-order valence-corrected chi connectivity index (χ2v) is 7.86. The van der Waals surface area contributed by atoms with Crippen LogP contribution in [0.2, 0.25) is 0 Å². The number of benzene rings is 1. The minimum Gasteiger partial charge on any atom is -0.336 e. The number of nitrogens with one attached hydrogen (secondary N) is 1. The number of hydrogen-bond donors (Lipinski definition) is 1. The minimum atomic E-state index is -3.58. The van der Waals surface area contributed by atoms with Crippen LogP contribution in [0.5, 0.6) is 0 Å². The molecule has 22 heavy (non-hydrogen) atoms. The van der Waals surface area contributed by atoms with Gasteiger partial charge in [0, 0.05) is 24.2 Å². The lowest BCUT2D eigenvalue weighted by molar-refractivity contribution is 0.0635. The van der Waals surface area contributed by atoms with Crippen molar-refractivity contribution in [2.45, 2.75) is 57.0 Å². The number of nitrogens with zero attached hydrogens (tertiary/aromatic N) is 1. The zero-order chi connectivity index (χ0) is 16.3. The Morgan fingerprint density at radius 1 is 1.32 bits per heavy atom. The molecule has 0 saturated carbocycles. The van der Waals surface area contributed by atoms with E-state index in [1.165, 1.54) is 12.1 Å². The van der Waals surface area contributed by atoms with Crippen molar-refractivity contribution in [1.82, 2.24) is 9.62 Å². The van der Waals surface area contributed by atoms with Gasteiger partial charge in [-0.05, 0) is 58.2 Å². The average molecular weight is 324 g/mol. The summed E-state index contributed by atoms with van der Waals surface area (Å²) in [7, 11) is -3.58. The van der Waals surface area contributed by atoms with Crippen LogP contribution in [-0.4, -0.2) is 37.9 Å². The molecular weight excluding hydrogens is 300 g/mol. The van der Waals surface area contributed by atoms with E-state index in [2.05, 4.69) is 4.72 Å². The fourth-order valence-electron chi connectivity index (χ4n) is 2.74. The smallest absolute Gasteiger partial charge is 0.254 e. The standard InChI is InChI=1S/C16H24N2O3S/c1-12(2)17-22(20,21)15-9-6-8-14(11-15)16(19)18-10-5-4-7-13(18)3/h6,8-9,11-13,17H,4-5,7,10H2,1-3H3. The van der Waals surface area contributed by atoms with Gasteiger partial charge < -0.3 is 4.90 Å². The lowest BCUT2D eigenvalue weighted by Crippen LogP contribution is -2.42. The summed E-state index contributed by atoms with van der Waals surface area (Å²) in [4.78, 5) is 14.6. The summed E-state index contributed by atoms with van der Waals surface area (Å²) in [5, 5.41) is 0. The molecule has 0 spiro atoms. The maximum Gasteiger partial charge on any atom is 0.254 e. The van der Waals surface area contributed by atoms with Crippen molar-refractivity contribution in [2.75, 3.05) is 6.54 Å². The van der Waals surface area contributed by atoms with Crippen LogP contribution >= 0.6 is 0 Å². The van der Waals surface area contributed by atoms with E-state index in [9.17, 15) is 13.2 Å². The molecule has 1 saturated heterocycles. The summed E-state index contributed by atoms with van der Waals surface area (Å²) >= 11 is 0. The molecule has 0 aromatic heterocycles. The summed E-state index contributed by atoms with van der Waals surface area (Å²) in [6.07, 6.45) is 3.14. The summed E-state index contributed by atoms with van der Waals surface area (Å²) in [6.45, 7) is 6.31. The SMILES string of the molecule is CC(C)NS(=O)(=O)c1cccc(C(=O)N2CCCCC2C)c1. The zero-order valence-corrected chi connectivity index (χ0v) is 14.2. The molecule has 1 fully saturated rings. The van der Waals surface area contributed by atoms with Crippen molar-refractivity contribution in [2.24, 2.45) is 0 Å². The van der Waals surface area contributed by atoms with Gasteiger partial charge in [-0.1, -0.05) is 6.07 Å². The van der Waals surface area contributed by atoms with Gasteiger partial charge in [0.1, 0.15) is 0 Å². The molecule has 122 valence electrons.